The van der Waals surface area contributed by atoms with Gasteiger partial charge in [0.2, 0.25) is 0 Å². The molecule has 1 aromatic heterocycles. The van der Waals surface area contributed by atoms with Crippen LogP contribution in [0.1, 0.15) is 23.0 Å². The highest BCUT2D eigenvalue weighted by Gasteiger charge is 2.18. The van der Waals surface area contributed by atoms with Crippen LogP contribution in [0.3, 0.4) is 0 Å². The monoisotopic (exact) mass is 345 g/mol. The molecule has 0 saturated carbocycles. The van der Waals surface area contributed by atoms with Gasteiger partial charge in [-0.3, -0.25) is 0 Å². The fraction of sp³-hybridized carbons (Fsp3) is 0.136. The number of nitrogens with zero attached hydrogens (tertiary/aromatic N) is 2. The molecule has 26 heavy (non-hydrogen) atoms. The first-order valence-electron chi connectivity index (χ1n) is 8.63. The predicted octanol–water partition coefficient (Wildman–Crippen LogP) is 5.22. The van der Waals surface area contributed by atoms with Gasteiger partial charge in [-0.15, -0.1) is 0 Å². The summed E-state index contributed by atoms with van der Waals surface area (Å²) in [5.74, 6) is 0.515. The molecular weight excluding hydrogens is 325 g/mol. The van der Waals surface area contributed by atoms with Crippen LogP contribution in [0, 0.1) is 12.7 Å². The van der Waals surface area contributed by atoms with E-state index in [2.05, 4.69) is 34.6 Å². The number of anilines is 1. The van der Waals surface area contributed by atoms with Gasteiger partial charge in [0.1, 0.15) is 11.3 Å². The Labute approximate surface area is 152 Å². The highest BCUT2D eigenvalue weighted by molar-refractivity contribution is 5.81. The summed E-state index contributed by atoms with van der Waals surface area (Å²) in [4.78, 5) is 4.41. The third-order valence-corrected chi connectivity index (χ3v) is 4.76. The van der Waals surface area contributed by atoms with Crippen molar-refractivity contribution in [2.24, 2.45) is 7.05 Å². The molecule has 3 aromatic carbocycles. The SMILES string of the molecule is Cc1nc2ccc(NC(c3ccccc3)c3ccccc3)c(F)c2n1C. The van der Waals surface area contributed by atoms with Gasteiger partial charge < -0.3 is 9.88 Å². The van der Waals surface area contributed by atoms with Crippen molar-refractivity contribution in [3.63, 3.8) is 0 Å². The van der Waals surface area contributed by atoms with E-state index in [-0.39, 0.29) is 11.9 Å². The van der Waals surface area contributed by atoms with Crippen molar-refractivity contribution in [2.75, 3.05) is 5.32 Å². The third kappa shape index (κ3) is 2.84. The Morgan fingerprint density at radius 3 is 2.04 bits per heavy atom. The molecular formula is C22H20FN3. The van der Waals surface area contributed by atoms with E-state index in [0.717, 1.165) is 17.0 Å². The molecule has 130 valence electrons. The number of hydrogen-bond acceptors (Lipinski definition) is 2. The van der Waals surface area contributed by atoms with Crippen LogP contribution in [0.2, 0.25) is 0 Å². The normalized spacial score (nSPS) is 11.2. The number of nitrogens with one attached hydrogen (secondary N) is 1. The minimum Gasteiger partial charge on any atom is -0.372 e. The summed E-state index contributed by atoms with van der Waals surface area (Å²) in [7, 11) is 1.84. The molecule has 4 rings (SSSR count). The van der Waals surface area contributed by atoms with E-state index >= 15 is 4.39 Å². The molecule has 0 saturated heterocycles. The third-order valence-electron chi connectivity index (χ3n) is 4.76. The van der Waals surface area contributed by atoms with Crippen molar-refractivity contribution >= 4 is 16.7 Å². The van der Waals surface area contributed by atoms with Crippen LogP contribution in [-0.2, 0) is 7.05 Å². The molecule has 0 bridgehead atoms. The minimum atomic E-state index is -0.275. The first-order valence-corrected chi connectivity index (χ1v) is 8.63. The highest BCUT2D eigenvalue weighted by Crippen LogP contribution is 2.31. The van der Waals surface area contributed by atoms with E-state index < -0.39 is 0 Å². The number of aromatic nitrogens is 2. The van der Waals surface area contributed by atoms with Gasteiger partial charge in [0.05, 0.1) is 17.2 Å². The largest absolute Gasteiger partial charge is 0.372 e. The van der Waals surface area contributed by atoms with Crippen LogP contribution < -0.4 is 5.32 Å². The smallest absolute Gasteiger partial charge is 0.172 e. The lowest BCUT2D eigenvalue weighted by molar-refractivity contribution is 0.631. The zero-order valence-corrected chi connectivity index (χ0v) is 14.8. The molecule has 0 spiro atoms. The maximum atomic E-state index is 15.2. The van der Waals surface area contributed by atoms with Crippen molar-refractivity contribution in [2.45, 2.75) is 13.0 Å². The Morgan fingerprint density at radius 2 is 1.46 bits per heavy atom. The van der Waals surface area contributed by atoms with Gasteiger partial charge in [0.25, 0.3) is 0 Å². The molecule has 1 heterocycles. The summed E-state index contributed by atoms with van der Waals surface area (Å²) in [5, 5.41) is 3.39. The van der Waals surface area contributed by atoms with E-state index in [9.17, 15) is 0 Å². The molecule has 0 amide bonds. The summed E-state index contributed by atoms with van der Waals surface area (Å²) in [6, 6.07) is 23.6. The fourth-order valence-corrected chi connectivity index (χ4v) is 3.29. The zero-order chi connectivity index (χ0) is 18.1. The van der Waals surface area contributed by atoms with Crippen molar-refractivity contribution in [3.05, 3.63) is 95.6 Å². The quantitative estimate of drug-likeness (QED) is 0.549. The lowest BCUT2D eigenvalue weighted by Gasteiger charge is -2.21. The van der Waals surface area contributed by atoms with Crippen LogP contribution in [0.4, 0.5) is 10.1 Å². The van der Waals surface area contributed by atoms with Gasteiger partial charge in [-0.05, 0) is 30.2 Å². The van der Waals surface area contributed by atoms with Crippen LogP contribution >= 0.6 is 0 Å². The zero-order valence-electron chi connectivity index (χ0n) is 14.8. The Hall–Kier alpha value is -3.14. The molecule has 0 aliphatic carbocycles. The molecule has 4 aromatic rings. The summed E-state index contributed by atoms with van der Waals surface area (Å²) >= 11 is 0. The second-order valence-electron chi connectivity index (χ2n) is 6.41. The van der Waals surface area contributed by atoms with Gasteiger partial charge in [-0.25, -0.2) is 9.37 Å². The fourth-order valence-electron chi connectivity index (χ4n) is 3.29. The number of hydrogen-bond donors (Lipinski definition) is 1. The lowest BCUT2D eigenvalue weighted by atomic mass is 9.98. The van der Waals surface area contributed by atoms with Crippen LogP contribution in [0.25, 0.3) is 11.0 Å². The van der Waals surface area contributed by atoms with E-state index in [1.54, 1.807) is 10.6 Å². The minimum absolute atomic E-state index is 0.140. The molecule has 0 fully saturated rings. The topological polar surface area (TPSA) is 29.9 Å². The Balaban J connectivity index is 1.80. The first-order chi connectivity index (χ1) is 12.6. The average molecular weight is 345 g/mol. The molecule has 0 aliphatic heterocycles. The summed E-state index contributed by atoms with van der Waals surface area (Å²) < 4.78 is 17.0. The van der Waals surface area contributed by atoms with E-state index in [1.165, 1.54) is 0 Å². The van der Waals surface area contributed by atoms with Gasteiger partial charge in [-0.1, -0.05) is 60.7 Å². The summed E-state index contributed by atoms with van der Waals surface area (Å²) in [6.45, 7) is 1.88. The van der Waals surface area contributed by atoms with Crippen LogP contribution in [0.15, 0.2) is 72.8 Å². The maximum absolute atomic E-state index is 15.2. The lowest BCUT2D eigenvalue weighted by Crippen LogP contribution is -2.13. The highest BCUT2D eigenvalue weighted by atomic mass is 19.1. The molecule has 3 nitrogen and oxygen atoms in total. The standard InChI is InChI=1S/C22H20FN3/c1-15-24-19-14-13-18(20(23)22(19)26(15)2)25-21(16-9-5-3-6-10-16)17-11-7-4-8-12-17/h3-14,21,25H,1-2H3. The maximum Gasteiger partial charge on any atom is 0.172 e. The Bertz CT molecular complexity index is 1000. The van der Waals surface area contributed by atoms with Crippen molar-refractivity contribution in [1.82, 2.24) is 9.55 Å². The van der Waals surface area contributed by atoms with Crippen molar-refractivity contribution in [3.8, 4) is 0 Å². The summed E-state index contributed by atoms with van der Waals surface area (Å²) in [6.07, 6.45) is 0. The number of halogens is 1. The number of rotatable bonds is 4. The molecule has 1 N–H and O–H groups in total. The van der Waals surface area contributed by atoms with E-state index in [0.29, 0.717) is 16.7 Å². The van der Waals surface area contributed by atoms with E-state index in [4.69, 9.17) is 0 Å². The second kappa shape index (κ2) is 6.64. The molecule has 0 aliphatic rings. The summed E-state index contributed by atoms with van der Waals surface area (Å²) in [5.41, 5.74) is 3.83. The van der Waals surface area contributed by atoms with Crippen LogP contribution in [-0.4, -0.2) is 9.55 Å². The van der Waals surface area contributed by atoms with Crippen molar-refractivity contribution in [1.29, 1.82) is 0 Å². The number of aryl methyl sites for hydroxylation is 2. The van der Waals surface area contributed by atoms with Crippen molar-refractivity contribution < 1.29 is 4.39 Å². The number of fused-ring (bicyclic) bond motifs is 1. The van der Waals surface area contributed by atoms with Crippen LogP contribution in [0.5, 0.6) is 0 Å². The molecule has 0 atom stereocenters. The first kappa shape index (κ1) is 16.3. The second-order valence-corrected chi connectivity index (χ2v) is 6.41. The van der Waals surface area contributed by atoms with Gasteiger partial charge >= 0.3 is 0 Å². The van der Waals surface area contributed by atoms with Gasteiger partial charge in [0.15, 0.2) is 5.82 Å². The number of imidazole rings is 1. The van der Waals surface area contributed by atoms with Gasteiger partial charge in [-0.2, -0.15) is 0 Å². The Morgan fingerprint density at radius 1 is 0.885 bits per heavy atom. The predicted molar refractivity (Wildman–Crippen MR) is 104 cm³/mol. The molecule has 4 heteroatoms. The Kier molecular flexibility index (Phi) is 4.17. The molecule has 0 radical (unpaired) electrons. The number of benzene rings is 3. The van der Waals surface area contributed by atoms with E-state index in [1.807, 2.05) is 56.4 Å². The average Bonchev–Trinajstić information content (AvgIpc) is 2.97. The van der Waals surface area contributed by atoms with Gasteiger partial charge in [0, 0.05) is 7.05 Å². The molecule has 0 unspecified atom stereocenters.